The summed E-state index contributed by atoms with van der Waals surface area (Å²) in [5, 5.41) is 12.3. The molecule has 2 aromatic carbocycles. The van der Waals surface area contributed by atoms with Crippen LogP contribution in [0.3, 0.4) is 0 Å². The van der Waals surface area contributed by atoms with Gasteiger partial charge in [-0.05, 0) is 60.9 Å². The number of rotatable bonds is 6. The number of thioether (sulfide) groups is 1. The summed E-state index contributed by atoms with van der Waals surface area (Å²) in [6.07, 6.45) is 4.53. The van der Waals surface area contributed by atoms with Crippen LogP contribution in [0.15, 0.2) is 72.1 Å². The summed E-state index contributed by atoms with van der Waals surface area (Å²) >= 11 is 1.36. The summed E-state index contributed by atoms with van der Waals surface area (Å²) in [5.74, 6) is 0.944. The Bertz CT molecular complexity index is 1350. The molecule has 0 bridgehead atoms. The Morgan fingerprint density at radius 1 is 1.06 bits per heavy atom. The van der Waals surface area contributed by atoms with E-state index in [1.807, 2.05) is 60.0 Å². The fourth-order valence-electron chi connectivity index (χ4n) is 3.85. The van der Waals surface area contributed by atoms with Crippen molar-refractivity contribution in [3.05, 3.63) is 83.7 Å². The van der Waals surface area contributed by atoms with E-state index in [-0.39, 0.29) is 17.4 Å². The van der Waals surface area contributed by atoms with Gasteiger partial charge in [-0.1, -0.05) is 30.0 Å². The zero-order chi connectivity index (χ0) is 22.8. The first-order valence-electron chi connectivity index (χ1n) is 10.6. The molecule has 3 heterocycles. The van der Waals surface area contributed by atoms with Crippen LogP contribution >= 0.6 is 11.8 Å². The van der Waals surface area contributed by atoms with E-state index in [1.54, 1.807) is 18.5 Å². The fourth-order valence-corrected chi connectivity index (χ4v) is 4.69. The van der Waals surface area contributed by atoms with Crippen LogP contribution in [0.2, 0.25) is 0 Å². The highest BCUT2D eigenvalue weighted by Crippen LogP contribution is 2.30. The summed E-state index contributed by atoms with van der Waals surface area (Å²) < 4.78 is 1.99. The number of aromatic nitrogens is 4. The molecule has 7 nitrogen and oxygen atoms in total. The lowest BCUT2D eigenvalue weighted by Gasteiger charge is -2.17. The molecule has 1 amide bonds. The maximum absolute atomic E-state index is 13.0. The highest BCUT2D eigenvalue weighted by atomic mass is 32.2. The first kappa shape index (κ1) is 21.1. The van der Waals surface area contributed by atoms with Crippen LogP contribution in [-0.4, -0.2) is 37.2 Å². The number of pyridine rings is 1. The molecular formula is C25H21N5O2S. The molecule has 0 spiro atoms. The van der Waals surface area contributed by atoms with Crippen molar-refractivity contribution >= 4 is 29.1 Å². The first-order chi connectivity index (χ1) is 16.1. The number of nitrogens with one attached hydrogen (secondary N) is 1. The molecule has 1 aliphatic rings. The molecule has 0 fully saturated rings. The summed E-state index contributed by atoms with van der Waals surface area (Å²) in [7, 11) is 0. The van der Waals surface area contributed by atoms with Gasteiger partial charge in [0, 0.05) is 35.6 Å². The lowest BCUT2D eigenvalue weighted by atomic mass is 9.99. The van der Waals surface area contributed by atoms with Gasteiger partial charge in [-0.3, -0.25) is 19.1 Å². The van der Waals surface area contributed by atoms with E-state index in [9.17, 15) is 9.59 Å². The lowest BCUT2D eigenvalue weighted by Crippen LogP contribution is -2.19. The number of benzene rings is 2. The molecule has 5 rings (SSSR count). The topological polar surface area (TPSA) is 89.8 Å². The van der Waals surface area contributed by atoms with Crippen molar-refractivity contribution < 1.29 is 9.59 Å². The number of hydrogen-bond acceptors (Lipinski definition) is 6. The third-order valence-corrected chi connectivity index (χ3v) is 6.51. The van der Waals surface area contributed by atoms with E-state index in [0.717, 1.165) is 28.1 Å². The molecule has 0 saturated heterocycles. The van der Waals surface area contributed by atoms with E-state index in [0.29, 0.717) is 29.4 Å². The second kappa shape index (κ2) is 8.99. The van der Waals surface area contributed by atoms with Gasteiger partial charge in [-0.2, -0.15) is 0 Å². The van der Waals surface area contributed by atoms with E-state index >= 15 is 0 Å². The van der Waals surface area contributed by atoms with Crippen molar-refractivity contribution in [3.8, 4) is 17.1 Å². The molecule has 0 atom stereocenters. The molecular weight excluding hydrogens is 434 g/mol. The minimum atomic E-state index is 0.00416. The van der Waals surface area contributed by atoms with E-state index in [4.69, 9.17) is 0 Å². The Morgan fingerprint density at radius 2 is 1.88 bits per heavy atom. The van der Waals surface area contributed by atoms with Crippen molar-refractivity contribution in [1.82, 2.24) is 19.7 Å². The smallest absolute Gasteiger partial charge is 0.224 e. The van der Waals surface area contributed by atoms with Crippen LogP contribution in [0.25, 0.3) is 17.1 Å². The Kier molecular flexibility index (Phi) is 5.75. The molecule has 0 aliphatic carbocycles. The zero-order valence-corrected chi connectivity index (χ0v) is 18.8. The molecule has 0 saturated carbocycles. The van der Waals surface area contributed by atoms with Crippen molar-refractivity contribution in [1.29, 1.82) is 0 Å². The number of carbonyl (C=O) groups excluding carboxylic acids is 2. The molecule has 0 radical (unpaired) electrons. The van der Waals surface area contributed by atoms with Crippen molar-refractivity contribution in [2.45, 2.75) is 24.9 Å². The van der Waals surface area contributed by atoms with E-state index < -0.39 is 0 Å². The molecule has 2 aromatic heterocycles. The standard InChI is InChI=1S/C25H21N5O2S/c1-16-4-2-3-5-21(16)30-24(17-10-12-26-13-11-17)28-29-25(30)33-15-22(31)19-6-8-20-18(14-19)7-9-23(32)27-20/h2-6,8,10-14H,7,9,15H2,1H3,(H,27,32). The van der Waals surface area contributed by atoms with Gasteiger partial charge in [0.2, 0.25) is 5.91 Å². The van der Waals surface area contributed by atoms with Gasteiger partial charge in [0.05, 0.1) is 11.4 Å². The number of Topliss-reactive ketones (excluding diaryl/α,β-unsaturated/α-hetero) is 1. The SMILES string of the molecule is Cc1ccccc1-n1c(SCC(=O)c2ccc3c(c2)CCC(=O)N3)nnc1-c1ccncc1. The number of carbonyl (C=O) groups is 2. The second-order valence-corrected chi connectivity index (χ2v) is 8.74. The average Bonchev–Trinajstić information content (AvgIpc) is 3.26. The van der Waals surface area contributed by atoms with Crippen LogP contribution in [0.4, 0.5) is 5.69 Å². The summed E-state index contributed by atoms with van der Waals surface area (Å²) in [6.45, 7) is 2.04. The van der Waals surface area contributed by atoms with Gasteiger partial charge in [0.1, 0.15) is 0 Å². The second-order valence-electron chi connectivity index (χ2n) is 7.80. The fraction of sp³-hybridized carbons (Fsp3) is 0.160. The summed E-state index contributed by atoms with van der Waals surface area (Å²) in [6, 6.07) is 17.3. The van der Waals surface area contributed by atoms with Gasteiger partial charge in [0.25, 0.3) is 0 Å². The van der Waals surface area contributed by atoms with Crippen LogP contribution in [0.1, 0.15) is 27.9 Å². The number of anilines is 1. The molecule has 0 unspecified atom stereocenters. The molecule has 1 N–H and O–H groups in total. The number of ketones is 1. The zero-order valence-electron chi connectivity index (χ0n) is 18.0. The third kappa shape index (κ3) is 4.29. The summed E-state index contributed by atoms with van der Waals surface area (Å²) in [4.78, 5) is 28.7. The van der Waals surface area contributed by atoms with Gasteiger partial charge in [-0.15, -0.1) is 10.2 Å². The quantitative estimate of drug-likeness (QED) is 0.340. The van der Waals surface area contributed by atoms with Gasteiger partial charge in [0.15, 0.2) is 16.8 Å². The third-order valence-electron chi connectivity index (χ3n) is 5.58. The van der Waals surface area contributed by atoms with Gasteiger partial charge >= 0.3 is 0 Å². The van der Waals surface area contributed by atoms with Crippen molar-refractivity contribution in [2.75, 3.05) is 11.1 Å². The number of hydrogen-bond donors (Lipinski definition) is 1. The number of aryl methyl sites for hydroxylation is 2. The normalized spacial score (nSPS) is 12.8. The maximum Gasteiger partial charge on any atom is 0.224 e. The Hall–Kier alpha value is -3.78. The highest BCUT2D eigenvalue weighted by Gasteiger charge is 2.20. The van der Waals surface area contributed by atoms with E-state index in [2.05, 4.69) is 20.5 Å². The van der Waals surface area contributed by atoms with Crippen molar-refractivity contribution in [3.63, 3.8) is 0 Å². The molecule has 33 heavy (non-hydrogen) atoms. The Balaban J connectivity index is 1.43. The molecule has 1 aliphatic heterocycles. The summed E-state index contributed by atoms with van der Waals surface area (Å²) in [5.41, 5.74) is 5.36. The minimum Gasteiger partial charge on any atom is -0.326 e. The van der Waals surface area contributed by atoms with Gasteiger partial charge in [-0.25, -0.2) is 0 Å². The Morgan fingerprint density at radius 3 is 2.70 bits per heavy atom. The predicted octanol–water partition coefficient (Wildman–Crippen LogP) is 4.50. The number of amides is 1. The molecule has 164 valence electrons. The van der Waals surface area contributed by atoms with Crippen LogP contribution in [-0.2, 0) is 11.2 Å². The number of fused-ring (bicyclic) bond motifs is 1. The first-order valence-corrected chi connectivity index (χ1v) is 11.6. The van der Waals surface area contributed by atoms with E-state index in [1.165, 1.54) is 11.8 Å². The average molecular weight is 456 g/mol. The molecule has 4 aromatic rings. The minimum absolute atomic E-state index is 0.00416. The number of nitrogens with zero attached hydrogens (tertiary/aromatic N) is 4. The largest absolute Gasteiger partial charge is 0.326 e. The van der Waals surface area contributed by atoms with Crippen LogP contribution in [0, 0.1) is 6.92 Å². The maximum atomic E-state index is 13.0. The molecule has 8 heteroatoms. The van der Waals surface area contributed by atoms with Gasteiger partial charge < -0.3 is 5.32 Å². The highest BCUT2D eigenvalue weighted by molar-refractivity contribution is 7.99. The number of para-hydroxylation sites is 1. The van der Waals surface area contributed by atoms with Crippen LogP contribution in [0.5, 0.6) is 0 Å². The lowest BCUT2D eigenvalue weighted by molar-refractivity contribution is -0.116. The predicted molar refractivity (Wildman–Crippen MR) is 128 cm³/mol. The monoisotopic (exact) mass is 455 g/mol. The van der Waals surface area contributed by atoms with Crippen molar-refractivity contribution in [2.24, 2.45) is 0 Å². The van der Waals surface area contributed by atoms with Crippen LogP contribution < -0.4 is 5.32 Å². The Labute approximate surface area is 195 Å².